The first-order chi connectivity index (χ1) is 11.1. The summed E-state index contributed by atoms with van der Waals surface area (Å²) in [5.41, 5.74) is 1.37. The van der Waals surface area contributed by atoms with E-state index in [-0.39, 0.29) is 22.0 Å². The van der Waals surface area contributed by atoms with Crippen molar-refractivity contribution in [3.8, 4) is 0 Å². The number of aryl methyl sites for hydroxylation is 1. The van der Waals surface area contributed by atoms with Crippen molar-refractivity contribution < 1.29 is 18.2 Å². The van der Waals surface area contributed by atoms with E-state index >= 15 is 0 Å². The molecule has 0 aliphatic rings. The molecule has 0 heterocycles. The molecule has 0 aliphatic heterocycles. The molecule has 0 saturated heterocycles. The van der Waals surface area contributed by atoms with E-state index in [0.717, 1.165) is 6.42 Å². The molecule has 0 bridgehead atoms. The van der Waals surface area contributed by atoms with Gasteiger partial charge in [0.1, 0.15) is 0 Å². The van der Waals surface area contributed by atoms with Crippen LogP contribution < -0.4 is 5.32 Å². The minimum atomic E-state index is -0.516. The molecule has 5 nitrogen and oxygen atoms in total. The molecular weight excluding hydrogens is 348 g/mol. The summed E-state index contributed by atoms with van der Waals surface area (Å²) < 4.78 is 5.16. The van der Waals surface area contributed by atoms with E-state index in [1.54, 1.807) is 34.0 Å². The second-order valence-electron chi connectivity index (χ2n) is 6.09. The molecule has 1 amide bonds. The summed E-state index contributed by atoms with van der Waals surface area (Å²) in [6.07, 6.45) is 1.49. The molecule has 1 atom stereocenters. The predicted molar refractivity (Wildman–Crippen MR) is 98.9 cm³/mol. The highest BCUT2D eigenvalue weighted by Crippen LogP contribution is 2.27. The maximum Gasteiger partial charge on any atom is 0.340 e. The van der Waals surface area contributed by atoms with Crippen molar-refractivity contribution in [1.29, 1.82) is 0 Å². The van der Waals surface area contributed by atoms with Gasteiger partial charge in [-0.05, 0) is 31.5 Å². The van der Waals surface area contributed by atoms with Crippen LogP contribution in [0.1, 0.15) is 42.6 Å². The number of nitrogens with one attached hydrogen (secondary N) is 1. The second-order valence-corrected chi connectivity index (χ2v) is 7.47. The van der Waals surface area contributed by atoms with Crippen molar-refractivity contribution in [3.05, 3.63) is 28.3 Å². The number of amides is 1. The molecule has 1 aromatic rings. The topological polar surface area (TPSA) is 55.4 Å². The summed E-state index contributed by atoms with van der Waals surface area (Å²) >= 11 is 11.5. The molecule has 1 rings (SSSR count). The molecule has 7 heteroatoms. The Hall–Kier alpha value is -1.24. The third-order valence-electron chi connectivity index (χ3n) is 3.66. The van der Waals surface area contributed by atoms with Crippen LogP contribution >= 0.6 is 11.6 Å². The Morgan fingerprint density at radius 2 is 1.96 bits per heavy atom. The Morgan fingerprint density at radius 1 is 1.33 bits per heavy atom. The number of quaternary nitrogens is 1. The van der Waals surface area contributed by atoms with Gasteiger partial charge in [0, 0.05) is 11.4 Å². The normalized spacial score (nSPS) is 12.6. The van der Waals surface area contributed by atoms with Gasteiger partial charge in [0.05, 0.1) is 32.0 Å². The lowest BCUT2D eigenvalue weighted by molar-refractivity contribution is -0.768. The maximum absolute atomic E-state index is 12.7. The van der Waals surface area contributed by atoms with Gasteiger partial charge in [-0.15, -0.1) is 0 Å². The average molecular weight is 373 g/mol. The van der Waals surface area contributed by atoms with Gasteiger partial charge in [-0.2, -0.15) is 0 Å². The van der Waals surface area contributed by atoms with Crippen LogP contribution in [0.15, 0.2) is 12.1 Å². The number of rotatable bonds is 7. The van der Waals surface area contributed by atoms with Crippen LogP contribution in [0, 0.1) is 6.92 Å². The van der Waals surface area contributed by atoms with Crippen LogP contribution in [-0.4, -0.2) is 42.5 Å². The summed E-state index contributed by atoms with van der Waals surface area (Å²) in [5, 5.41) is 3.27. The molecule has 134 valence electrons. The van der Waals surface area contributed by atoms with Crippen LogP contribution in [0.5, 0.6) is 0 Å². The van der Waals surface area contributed by atoms with Gasteiger partial charge in [0.15, 0.2) is 6.04 Å². The minimum Gasteiger partial charge on any atom is -0.494 e. The summed E-state index contributed by atoms with van der Waals surface area (Å²) in [6, 6.07) is 2.81. The van der Waals surface area contributed by atoms with E-state index in [9.17, 15) is 9.59 Å². The van der Waals surface area contributed by atoms with Crippen LogP contribution in [0.3, 0.4) is 0 Å². The average Bonchev–Trinajstić information content (AvgIpc) is 2.46. The largest absolute Gasteiger partial charge is 0.494 e. The number of benzene rings is 1. The van der Waals surface area contributed by atoms with Crippen molar-refractivity contribution >= 4 is 42.0 Å². The Morgan fingerprint density at radius 3 is 2.46 bits per heavy atom. The summed E-state index contributed by atoms with van der Waals surface area (Å²) in [7, 11) is 3.60. The van der Waals surface area contributed by atoms with Gasteiger partial charge >= 0.3 is 5.97 Å². The molecule has 24 heavy (non-hydrogen) atoms. The molecule has 0 saturated carbocycles. The fourth-order valence-corrected chi connectivity index (χ4v) is 2.96. The SMILES string of the molecule is CCCC(C(=O)Nc1c(C)cc(Cl)cc1C(=O)OCC)[N+](C)(C)[S-]. The van der Waals surface area contributed by atoms with Crippen molar-refractivity contribution in [2.24, 2.45) is 0 Å². The molecule has 1 aromatic carbocycles. The van der Waals surface area contributed by atoms with Crippen LogP contribution in [0.2, 0.25) is 5.02 Å². The molecule has 0 aromatic heterocycles. The van der Waals surface area contributed by atoms with Crippen LogP contribution in [-0.2, 0) is 22.3 Å². The smallest absolute Gasteiger partial charge is 0.340 e. The van der Waals surface area contributed by atoms with Crippen LogP contribution in [0.25, 0.3) is 0 Å². The number of esters is 1. The van der Waals surface area contributed by atoms with Crippen molar-refractivity contribution in [2.75, 3.05) is 26.0 Å². The minimum absolute atomic E-state index is 0.0983. The third-order valence-corrected chi connectivity index (χ3v) is 4.13. The molecule has 0 aliphatic carbocycles. The van der Waals surface area contributed by atoms with Gasteiger partial charge < -0.3 is 26.8 Å². The summed E-state index contributed by atoms with van der Waals surface area (Å²) in [4.78, 5) is 24.9. The highest BCUT2D eigenvalue weighted by atomic mass is 35.5. The zero-order chi connectivity index (χ0) is 18.5. The lowest BCUT2D eigenvalue weighted by Gasteiger charge is -2.42. The van der Waals surface area contributed by atoms with Gasteiger partial charge in [-0.3, -0.25) is 4.79 Å². The summed E-state index contributed by atoms with van der Waals surface area (Å²) in [5.74, 6) is -0.731. The maximum atomic E-state index is 12.7. The zero-order valence-electron chi connectivity index (χ0n) is 14.8. The van der Waals surface area contributed by atoms with E-state index in [2.05, 4.69) is 5.32 Å². The lowest BCUT2D eigenvalue weighted by atomic mass is 10.1. The Labute approximate surface area is 154 Å². The lowest BCUT2D eigenvalue weighted by Crippen LogP contribution is -2.50. The number of hydrogen-bond donors (Lipinski definition) is 1. The molecule has 0 radical (unpaired) electrons. The van der Waals surface area contributed by atoms with E-state index in [1.807, 2.05) is 6.92 Å². The third kappa shape index (κ3) is 5.40. The van der Waals surface area contributed by atoms with Gasteiger partial charge in [0.2, 0.25) is 0 Å². The van der Waals surface area contributed by atoms with Crippen molar-refractivity contribution in [3.63, 3.8) is 0 Å². The number of likely N-dealkylation sites (N-methyl/N-ethyl adjacent to an activating group) is 1. The standard InChI is InChI=1S/C17H25ClN2O3S/c1-6-8-14(20(4,5)24)16(21)19-15-11(3)9-12(18)10-13(15)17(22)23-7-2/h9-10,14H,6-8H2,1-5H3,(H,19,21). The monoisotopic (exact) mass is 372 g/mol. The first-order valence-electron chi connectivity index (χ1n) is 7.94. The number of carbonyl (C=O) groups excluding carboxylic acids is 2. The number of anilines is 1. The first-order valence-corrected chi connectivity index (χ1v) is 8.68. The first kappa shape index (κ1) is 20.8. The second kappa shape index (κ2) is 8.74. The summed E-state index contributed by atoms with van der Waals surface area (Å²) in [6.45, 7) is 5.75. The van der Waals surface area contributed by atoms with Gasteiger partial charge in [-0.1, -0.05) is 24.9 Å². The number of nitrogens with zero attached hydrogens (tertiary/aromatic N) is 1. The van der Waals surface area contributed by atoms with E-state index in [4.69, 9.17) is 29.2 Å². The molecule has 0 spiro atoms. The van der Waals surface area contributed by atoms with E-state index in [1.165, 1.54) is 6.07 Å². The van der Waals surface area contributed by atoms with Crippen molar-refractivity contribution in [1.82, 2.24) is 0 Å². The predicted octanol–water partition coefficient (Wildman–Crippen LogP) is 3.47. The highest BCUT2D eigenvalue weighted by molar-refractivity contribution is 7.52. The number of ether oxygens (including phenoxy) is 1. The van der Waals surface area contributed by atoms with Gasteiger partial charge in [-0.25, -0.2) is 4.79 Å². The Kier molecular flexibility index (Phi) is 7.57. The molecular formula is C17H25ClN2O3S. The zero-order valence-corrected chi connectivity index (χ0v) is 16.4. The molecule has 0 fully saturated rings. The molecule has 1 unspecified atom stereocenters. The molecule has 1 N–H and O–H groups in total. The van der Waals surface area contributed by atoms with Crippen molar-refractivity contribution in [2.45, 2.75) is 39.7 Å². The Balaban J connectivity index is 3.21. The van der Waals surface area contributed by atoms with E-state index < -0.39 is 12.0 Å². The number of halogens is 1. The highest BCUT2D eigenvalue weighted by Gasteiger charge is 2.28. The van der Waals surface area contributed by atoms with Gasteiger partial charge in [0.25, 0.3) is 5.91 Å². The fraction of sp³-hybridized carbons (Fsp3) is 0.529. The fourth-order valence-electron chi connectivity index (χ4n) is 2.48. The Bertz CT molecular complexity index is 615. The number of carbonyl (C=O) groups is 2. The quantitative estimate of drug-likeness (QED) is 0.452. The number of hydrogen-bond acceptors (Lipinski definition) is 4. The van der Waals surface area contributed by atoms with Crippen LogP contribution in [0.4, 0.5) is 5.69 Å². The van der Waals surface area contributed by atoms with E-state index in [0.29, 0.717) is 22.7 Å².